The Kier molecular flexibility index (Phi) is 5.82. The topological polar surface area (TPSA) is 106 Å². The number of nitrogens with zero attached hydrogens (tertiary/aromatic N) is 3. The Morgan fingerprint density at radius 3 is 2.41 bits per heavy atom. The fraction of sp³-hybridized carbons (Fsp3) is 0.316. The van der Waals surface area contributed by atoms with Crippen molar-refractivity contribution in [3.63, 3.8) is 0 Å². The molecule has 32 heavy (non-hydrogen) atoms. The molecule has 1 aromatic carbocycles. The molecule has 0 bridgehead atoms. The van der Waals surface area contributed by atoms with Crippen LogP contribution < -0.4 is 10.8 Å². The number of rotatable bonds is 4. The average molecular weight is 488 g/mol. The van der Waals surface area contributed by atoms with Gasteiger partial charge in [-0.05, 0) is 23.8 Å². The van der Waals surface area contributed by atoms with Crippen LogP contribution in [-0.2, 0) is 15.0 Å². The molecule has 0 saturated carbocycles. The minimum Gasteiger partial charge on any atom is -0.338 e. The van der Waals surface area contributed by atoms with Crippen LogP contribution in [0.2, 0.25) is 10.0 Å². The van der Waals surface area contributed by atoms with Crippen LogP contribution >= 0.6 is 23.2 Å². The van der Waals surface area contributed by atoms with Gasteiger partial charge in [0.25, 0.3) is 11.8 Å². The number of carbonyl (C=O) groups is 2. The molecular formula is C19H14Cl2F3N5O3. The molecule has 1 saturated heterocycles. The molecule has 2 N–H and O–H groups in total. The first-order valence-electron chi connectivity index (χ1n) is 9.21. The van der Waals surface area contributed by atoms with Gasteiger partial charge >= 0.3 is 6.18 Å². The molecule has 0 aliphatic carbocycles. The quantitative estimate of drug-likeness (QED) is 0.689. The van der Waals surface area contributed by atoms with Gasteiger partial charge in [0.05, 0.1) is 17.8 Å². The summed E-state index contributed by atoms with van der Waals surface area (Å²) in [5.41, 5.74) is -0.266. The van der Waals surface area contributed by atoms with Gasteiger partial charge in [-0.3, -0.25) is 19.4 Å². The first-order chi connectivity index (χ1) is 15.1. The van der Waals surface area contributed by atoms with Crippen molar-refractivity contribution in [2.45, 2.75) is 24.1 Å². The van der Waals surface area contributed by atoms with Crippen molar-refractivity contribution in [3.8, 4) is 0 Å². The van der Waals surface area contributed by atoms with Crippen molar-refractivity contribution in [2.24, 2.45) is 4.99 Å². The Balaban J connectivity index is 1.55. The number of aromatic nitrogens is 2. The summed E-state index contributed by atoms with van der Waals surface area (Å²) in [4.78, 5) is 40.5. The van der Waals surface area contributed by atoms with Gasteiger partial charge in [-0.15, -0.1) is 0 Å². The van der Waals surface area contributed by atoms with Gasteiger partial charge in [0.2, 0.25) is 0 Å². The van der Waals surface area contributed by atoms with Crippen molar-refractivity contribution in [1.82, 2.24) is 20.8 Å². The van der Waals surface area contributed by atoms with E-state index in [1.54, 1.807) is 0 Å². The van der Waals surface area contributed by atoms with Crippen LogP contribution in [0.5, 0.6) is 0 Å². The maximum atomic E-state index is 14.2. The Hall–Kier alpha value is -2.76. The van der Waals surface area contributed by atoms with Crippen molar-refractivity contribution in [3.05, 3.63) is 57.6 Å². The molecule has 2 atom stereocenters. The van der Waals surface area contributed by atoms with Crippen LogP contribution in [0.15, 0.2) is 35.6 Å². The van der Waals surface area contributed by atoms with Crippen molar-refractivity contribution in [2.75, 3.05) is 13.2 Å². The third kappa shape index (κ3) is 4.15. The number of hydroxylamine groups is 1. The molecular weight excluding hydrogens is 474 g/mol. The first-order valence-corrected chi connectivity index (χ1v) is 9.96. The van der Waals surface area contributed by atoms with Crippen LogP contribution in [0.25, 0.3) is 0 Å². The molecule has 2 aliphatic heterocycles. The predicted molar refractivity (Wildman–Crippen MR) is 108 cm³/mol. The third-order valence-corrected chi connectivity index (χ3v) is 5.62. The van der Waals surface area contributed by atoms with Gasteiger partial charge < -0.3 is 5.32 Å². The zero-order chi connectivity index (χ0) is 23.1. The standard InChI is InChI=1S/C19H14Cl2F3N5O3/c20-11-1-10(2-12(21)3-11)18(19(22,23)24)4-13(27-8-18)15-25-5-9(6-26-15)16(30)28-14-7-32-29-17(14)31/h1-3,5-6,14H,4,7-8H2,(H,28,30)(H,29,31). The minimum absolute atomic E-state index is 0.0238. The smallest absolute Gasteiger partial charge is 0.338 e. The van der Waals surface area contributed by atoms with Gasteiger partial charge in [-0.1, -0.05) is 23.2 Å². The second-order valence-electron chi connectivity index (χ2n) is 7.28. The number of hydrogen-bond acceptors (Lipinski definition) is 6. The largest absolute Gasteiger partial charge is 0.400 e. The van der Waals surface area contributed by atoms with Crippen LogP contribution in [0.4, 0.5) is 13.2 Å². The molecule has 2 amide bonds. The van der Waals surface area contributed by atoms with E-state index in [0.29, 0.717) is 0 Å². The summed E-state index contributed by atoms with van der Waals surface area (Å²) in [7, 11) is 0. The average Bonchev–Trinajstić information content (AvgIpc) is 3.35. The van der Waals surface area contributed by atoms with Gasteiger partial charge in [-0.25, -0.2) is 15.4 Å². The predicted octanol–water partition coefficient (Wildman–Crippen LogP) is 2.64. The van der Waals surface area contributed by atoms with E-state index in [1.165, 1.54) is 18.2 Å². The SMILES string of the molecule is O=C(NC1CONC1=O)c1cnc(C2=NCC(c3cc(Cl)cc(Cl)c3)(C(F)(F)F)C2)nc1. The third-order valence-electron chi connectivity index (χ3n) is 5.18. The Morgan fingerprint density at radius 2 is 1.84 bits per heavy atom. The number of carbonyl (C=O) groups excluding carboxylic acids is 2. The lowest BCUT2D eigenvalue weighted by Crippen LogP contribution is -2.44. The summed E-state index contributed by atoms with van der Waals surface area (Å²) < 4.78 is 42.5. The lowest BCUT2D eigenvalue weighted by Gasteiger charge is -2.31. The molecule has 1 aromatic heterocycles. The summed E-state index contributed by atoms with van der Waals surface area (Å²) >= 11 is 11.9. The number of alkyl halides is 3. The van der Waals surface area contributed by atoms with Gasteiger partial charge in [-0.2, -0.15) is 13.2 Å². The summed E-state index contributed by atoms with van der Waals surface area (Å²) in [5, 5.41) is 2.60. The van der Waals surface area contributed by atoms with Crippen LogP contribution in [0, 0.1) is 0 Å². The molecule has 8 nitrogen and oxygen atoms in total. The molecule has 2 aliphatic rings. The number of hydrogen-bond donors (Lipinski definition) is 2. The highest BCUT2D eigenvalue weighted by Gasteiger charge is 2.58. The number of benzene rings is 1. The Labute approximate surface area is 189 Å². The van der Waals surface area contributed by atoms with E-state index in [4.69, 9.17) is 28.0 Å². The van der Waals surface area contributed by atoms with Gasteiger partial charge in [0, 0.05) is 28.9 Å². The summed E-state index contributed by atoms with van der Waals surface area (Å²) in [6, 6.07) is 2.92. The molecule has 3 heterocycles. The molecule has 4 rings (SSSR count). The summed E-state index contributed by atoms with van der Waals surface area (Å²) in [6.07, 6.45) is -2.86. The van der Waals surface area contributed by atoms with E-state index in [2.05, 4.69) is 25.8 Å². The van der Waals surface area contributed by atoms with Gasteiger partial charge in [0.15, 0.2) is 5.82 Å². The molecule has 2 aromatic rings. The molecule has 168 valence electrons. The maximum Gasteiger partial charge on any atom is 0.400 e. The number of amides is 2. The second kappa shape index (κ2) is 8.30. The number of nitrogens with one attached hydrogen (secondary N) is 2. The zero-order valence-corrected chi connectivity index (χ0v) is 17.6. The van der Waals surface area contributed by atoms with Crippen molar-refractivity contribution in [1.29, 1.82) is 0 Å². The van der Waals surface area contributed by atoms with Crippen LogP contribution in [-0.4, -0.2) is 52.9 Å². The molecule has 0 spiro atoms. The molecule has 1 fully saturated rings. The normalized spacial score (nSPS) is 23.1. The Bertz CT molecular complexity index is 1090. The highest BCUT2D eigenvalue weighted by molar-refractivity contribution is 6.34. The van der Waals surface area contributed by atoms with E-state index in [-0.39, 0.29) is 39.3 Å². The monoisotopic (exact) mass is 487 g/mol. The lowest BCUT2D eigenvalue weighted by molar-refractivity contribution is -0.183. The number of aliphatic imine (C=N–C) groups is 1. The van der Waals surface area contributed by atoms with E-state index < -0.39 is 42.4 Å². The van der Waals surface area contributed by atoms with Crippen molar-refractivity contribution < 1.29 is 27.6 Å². The van der Waals surface area contributed by atoms with Crippen molar-refractivity contribution >= 4 is 40.7 Å². The lowest BCUT2D eigenvalue weighted by atomic mass is 9.77. The first kappa shape index (κ1) is 22.4. The maximum absolute atomic E-state index is 14.2. The fourth-order valence-corrected chi connectivity index (χ4v) is 3.97. The highest BCUT2D eigenvalue weighted by Crippen LogP contribution is 2.48. The van der Waals surface area contributed by atoms with E-state index in [9.17, 15) is 22.8 Å². The van der Waals surface area contributed by atoms with E-state index in [1.807, 2.05) is 0 Å². The zero-order valence-electron chi connectivity index (χ0n) is 16.0. The minimum atomic E-state index is -4.64. The molecule has 0 radical (unpaired) electrons. The molecule has 13 heteroatoms. The van der Waals surface area contributed by atoms with E-state index in [0.717, 1.165) is 12.4 Å². The summed E-state index contributed by atoms with van der Waals surface area (Å²) in [5.74, 6) is -1.17. The van der Waals surface area contributed by atoms with Crippen LogP contribution in [0.3, 0.4) is 0 Å². The van der Waals surface area contributed by atoms with E-state index >= 15 is 0 Å². The molecule has 2 unspecified atom stereocenters. The number of halogens is 5. The highest BCUT2D eigenvalue weighted by atomic mass is 35.5. The summed E-state index contributed by atoms with van der Waals surface area (Å²) in [6.45, 7) is -0.613. The van der Waals surface area contributed by atoms with Gasteiger partial charge in [0.1, 0.15) is 18.1 Å². The fourth-order valence-electron chi connectivity index (χ4n) is 3.44. The second-order valence-corrected chi connectivity index (χ2v) is 8.15. The van der Waals surface area contributed by atoms with Crippen LogP contribution in [0.1, 0.15) is 28.2 Å². The Morgan fingerprint density at radius 1 is 1.19 bits per heavy atom.